The summed E-state index contributed by atoms with van der Waals surface area (Å²) in [5, 5.41) is 28.3. The molecule has 3 aromatic rings. The highest BCUT2D eigenvalue weighted by Crippen LogP contribution is 2.29. The molecule has 0 saturated heterocycles. The monoisotopic (exact) mass is 315 g/mol. The van der Waals surface area contributed by atoms with Gasteiger partial charge in [0.2, 0.25) is 0 Å². The van der Waals surface area contributed by atoms with Gasteiger partial charge in [-0.25, -0.2) is 0 Å². The van der Waals surface area contributed by atoms with E-state index in [0.717, 1.165) is 5.56 Å². The molecule has 3 N–H and O–H groups in total. The first-order valence-corrected chi connectivity index (χ1v) is 6.95. The molecule has 0 aliphatic rings. The van der Waals surface area contributed by atoms with Gasteiger partial charge in [0.1, 0.15) is 11.5 Å². The second-order valence-electron chi connectivity index (χ2n) is 5.29. The Balaban J connectivity index is 2.14. The minimum atomic E-state index is -1.14. The van der Waals surface area contributed by atoms with Crippen LogP contribution in [0.2, 0.25) is 0 Å². The van der Waals surface area contributed by atoms with Crippen LogP contribution in [0.15, 0.2) is 42.5 Å². The number of aliphatic carboxylic acids is 1. The van der Waals surface area contributed by atoms with Crippen molar-refractivity contribution in [1.29, 1.82) is 0 Å². The summed E-state index contributed by atoms with van der Waals surface area (Å²) in [4.78, 5) is 11.0. The summed E-state index contributed by atoms with van der Waals surface area (Å²) in [5.41, 5.74) is 1.31. The average molecular weight is 315 g/mol. The molecule has 0 radical (unpaired) electrons. The van der Waals surface area contributed by atoms with Gasteiger partial charge >= 0.3 is 5.97 Å². The van der Waals surface area contributed by atoms with Gasteiger partial charge in [0, 0.05) is 10.9 Å². The van der Waals surface area contributed by atoms with Gasteiger partial charge < -0.3 is 19.9 Å². The summed E-state index contributed by atoms with van der Waals surface area (Å²) in [7, 11) is 0. The number of hydrogen-bond acceptors (Lipinski definition) is 3. The van der Waals surface area contributed by atoms with Crippen LogP contribution < -0.4 is 0 Å². The largest absolute Gasteiger partial charge is 0.508 e. The number of benzene rings is 2. The standard InChI is InChI=1S/C17H14FNO4/c18-17-14(8-16(22)23)13-7-12(21)5-6-15(13)19(17)9-10-1-3-11(20)4-2-10/h1-7,20-21H,8-9H2,(H,22,23). The highest BCUT2D eigenvalue weighted by molar-refractivity contribution is 5.89. The fourth-order valence-electron chi connectivity index (χ4n) is 2.64. The third-order valence-corrected chi connectivity index (χ3v) is 3.69. The van der Waals surface area contributed by atoms with Crippen molar-refractivity contribution in [2.24, 2.45) is 0 Å². The molecule has 3 rings (SSSR count). The number of carbonyl (C=O) groups is 1. The number of phenols is 2. The van der Waals surface area contributed by atoms with Gasteiger partial charge in [0.15, 0.2) is 5.95 Å². The first-order valence-electron chi connectivity index (χ1n) is 6.95. The summed E-state index contributed by atoms with van der Waals surface area (Å²) < 4.78 is 16.1. The van der Waals surface area contributed by atoms with Crippen molar-refractivity contribution in [2.45, 2.75) is 13.0 Å². The second kappa shape index (κ2) is 5.64. The summed E-state index contributed by atoms with van der Waals surface area (Å²) in [5.74, 6) is -1.72. The molecule has 0 atom stereocenters. The van der Waals surface area contributed by atoms with E-state index in [0.29, 0.717) is 10.9 Å². The van der Waals surface area contributed by atoms with Crippen molar-refractivity contribution in [3.8, 4) is 11.5 Å². The molecule has 0 amide bonds. The molecule has 0 saturated carbocycles. The van der Waals surface area contributed by atoms with Crippen LogP contribution in [0.25, 0.3) is 10.9 Å². The molecule has 0 spiro atoms. The van der Waals surface area contributed by atoms with Gasteiger partial charge in [-0.1, -0.05) is 12.1 Å². The summed E-state index contributed by atoms with van der Waals surface area (Å²) in [6, 6.07) is 10.7. The molecule has 5 nitrogen and oxygen atoms in total. The van der Waals surface area contributed by atoms with Gasteiger partial charge in [0.25, 0.3) is 0 Å². The number of halogens is 1. The van der Waals surface area contributed by atoms with E-state index >= 15 is 0 Å². The first kappa shape index (κ1) is 14.9. The van der Waals surface area contributed by atoms with Crippen molar-refractivity contribution in [3.05, 3.63) is 59.5 Å². The third kappa shape index (κ3) is 2.83. The van der Waals surface area contributed by atoms with Crippen LogP contribution >= 0.6 is 0 Å². The molecular weight excluding hydrogens is 301 g/mol. The molecular formula is C17H14FNO4. The number of fused-ring (bicyclic) bond motifs is 1. The Labute approximate surface area is 130 Å². The number of carboxylic acids is 1. The minimum Gasteiger partial charge on any atom is -0.508 e. The quantitative estimate of drug-likeness (QED) is 0.691. The zero-order chi connectivity index (χ0) is 16.6. The number of nitrogens with zero attached hydrogens (tertiary/aromatic N) is 1. The predicted octanol–water partition coefficient (Wildman–Crippen LogP) is 2.87. The van der Waals surface area contributed by atoms with E-state index in [9.17, 15) is 19.4 Å². The Morgan fingerprint density at radius 2 is 1.70 bits per heavy atom. The van der Waals surface area contributed by atoms with Gasteiger partial charge in [-0.3, -0.25) is 4.79 Å². The minimum absolute atomic E-state index is 0.0437. The summed E-state index contributed by atoms with van der Waals surface area (Å²) in [6.07, 6.45) is -0.464. The number of hydrogen-bond donors (Lipinski definition) is 3. The maximum atomic E-state index is 14.7. The van der Waals surface area contributed by atoms with Gasteiger partial charge in [-0.05, 0) is 35.9 Å². The summed E-state index contributed by atoms with van der Waals surface area (Å²) >= 11 is 0. The van der Waals surface area contributed by atoms with Crippen LogP contribution in [0, 0.1) is 5.95 Å². The van der Waals surface area contributed by atoms with E-state index in [1.165, 1.54) is 28.8 Å². The Morgan fingerprint density at radius 3 is 2.35 bits per heavy atom. The van der Waals surface area contributed by atoms with Crippen molar-refractivity contribution in [1.82, 2.24) is 4.57 Å². The molecule has 0 unspecified atom stereocenters. The lowest BCUT2D eigenvalue weighted by molar-refractivity contribution is -0.136. The van der Waals surface area contributed by atoms with Crippen molar-refractivity contribution < 1.29 is 24.5 Å². The fourth-order valence-corrected chi connectivity index (χ4v) is 2.64. The van der Waals surface area contributed by atoms with Crippen LogP contribution in [-0.2, 0) is 17.8 Å². The number of phenolic OH excluding ortho intramolecular Hbond substituents is 2. The highest BCUT2D eigenvalue weighted by atomic mass is 19.1. The van der Waals surface area contributed by atoms with Gasteiger partial charge in [0.05, 0.1) is 18.5 Å². The Morgan fingerprint density at radius 1 is 1.04 bits per heavy atom. The van der Waals surface area contributed by atoms with Crippen LogP contribution in [0.5, 0.6) is 11.5 Å². The Kier molecular flexibility index (Phi) is 3.65. The van der Waals surface area contributed by atoms with Crippen molar-refractivity contribution in [2.75, 3.05) is 0 Å². The third-order valence-electron chi connectivity index (χ3n) is 3.69. The normalized spacial score (nSPS) is 11.0. The Bertz CT molecular complexity index is 884. The molecule has 23 heavy (non-hydrogen) atoms. The topological polar surface area (TPSA) is 82.7 Å². The molecule has 0 aliphatic carbocycles. The second-order valence-corrected chi connectivity index (χ2v) is 5.29. The van der Waals surface area contributed by atoms with Crippen LogP contribution in [0.1, 0.15) is 11.1 Å². The van der Waals surface area contributed by atoms with Crippen LogP contribution in [-0.4, -0.2) is 25.9 Å². The first-order chi connectivity index (χ1) is 11.0. The SMILES string of the molecule is O=C(O)Cc1c(F)n(Cc2ccc(O)cc2)c2ccc(O)cc12. The van der Waals surface area contributed by atoms with E-state index < -0.39 is 18.3 Å². The van der Waals surface area contributed by atoms with E-state index in [-0.39, 0.29) is 23.6 Å². The highest BCUT2D eigenvalue weighted by Gasteiger charge is 2.20. The average Bonchev–Trinajstić information content (AvgIpc) is 2.74. The molecule has 2 aromatic carbocycles. The lowest BCUT2D eigenvalue weighted by Gasteiger charge is -2.07. The lowest BCUT2D eigenvalue weighted by Crippen LogP contribution is -2.06. The predicted molar refractivity (Wildman–Crippen MR) is 82.1 cm³/mol. The van der Waals surface area contributed by atoms with Crippen molar-refractivity contribution in [3.63, 3.8) is 0 Å². The molecule has 1 aromatic heterocycles. The molecule has 118 valence electrons. The number of aromatic hydroxyl groups is 2. The zero-order valence-electron chi connectivity index (χ0n) is 12.0. The van der Waals surface area contributed by atoms with E-state index in [1.54, 1.807) is 18.2 Å². The molecule has 0 aliphatic heterocycles. The lowest BCUT2D eigenvalue weighted by atomic mass is 10.1. The molecule has 0 bridgehead atoms. The number of aromatic nitrogens is 1. The number of rotatable bonds is 4. The van der Waals surface area contributed by atoms with Gasteiger partial charge in [-0.15, -0.1) is 0 Å². The van der Waals surface area contributed by atoms with E-state index in [4.69, 9.17) is 5.11 Å². The fraction of sp³-hybridized carbons (Fsp3) is 0.118. The smallest absolute Gasteiger partial charge is 0.308 e. The molecule has 1 heterocycles. The molecule has 0 fully saturated rings. The van der Waals surface area contributed by atoms with Gasteiger partial charge in [-0.2, -0.15) is 4.39 Å². The van der Waals surface area contributed by atoms with E-state index in [2.05, 4.69) is 0 Å². The zero-order valence-corrected chi connectivity index (χ0v) is 12.0. The maximum absolute atomic E-state index is 14.7. The van der Waals surface area contributed by atoms with Crippen molar-refractivity contribution >= 4 is 16.9 Å². The summed E-state index contributed by atoms with van der Waals surface area (Å²) in [6.45, 7) is 0.188. The Hall–Kier alpha value is -3.02. The van der Waals surface area contributed by atoms with Crippen LogP contribution in [0.4, 0.5) is 4.39 Å². The molecule has 6 heteroatoms. The maximum Gasteiger partial charge on any atom is 0.308 e. The van der Waals surface area contributed by atoms with E-state index in [1.807, 2.05) is 0 Å². The van der Waals surface area contributed by atoms with Crippen LogP contribution in [0.3, 0.4) is 0 Å². The number of carboxylic acid groups (broad SMARTS) is 1.